The Kier molecular flexibility index (Phi) is 9.13. The van der Waals surface area contributed by atoms with E-state index in [1.54, 1.807) is 0 Å². The number of hydrogen-bond acceptors (Lipinski definition) is 3. The largest absolute Gasteiger partial charge is 0.493 e. The Morgan fingerprint density at radius 1 is 0.846 bits per heavy atom. The number of benzene rings is 4. The Morgan fingerprint density at radius 3 is 2.56 bits per heavy atom. The van der Waals surface area contributed by atoms with E-state index in [-0.39, 0.29) is 5.91 Å². The molecule has 5 aromatic rings. The molecule has 1 heterocycles. The molecule has 0 atom stereocenters. The first-order valence-corrected chi connectivity index (χ1v) is 14.1. The molecule has 4 aromatic carbocycles. The van der Waals surface area contributed by atoms with E-state index in [0.29, 0.717) is 24.6 Å². The molecule has 0 spiro atoms. The lowest BCUT2D eigenvalue weighted by Crippen LogP contribution is -2.26. The molecular weight excluding hydrogens is 506 g/mol. The summed E-state index contributed by atoms with van der Waals surface area (Å²) < 4.78 is 8.52. The van der Waals surface area contributed by atoms with Gasteiger partial charge in [0.05, 0.1) is 24.1 Å². The summed E-state index contributed by atoms with van der Waals surface area (Å²) in [5.41, 5.74) is 3.07. The number of unbranched alkanes of at least 4 members (excludes halogenated alkanes) is 2. The zero-order chi connectivity index (χ0) is 26.9. The molecule has 0 radical (unpaired) electrons. The van der Waals surface area contributed by atoms with Gasteiger partial charge in [-0.3, -0.25) is 4.79 Å². The molecule has 0 saturated carbocycles. The molecule has 5 nitrogen and oxygen atoms in total. The van der Waals surface area contributed by atoms with Gasteiger partial charge in [0.1, 0.15) is 11.6 Å². The average Bonchev–Trinajstić information content (AvgIpc) is 3.31. The number of rotatable bonds is 13. The van der Waals surface area contributed by atoms with Gasteiger partial charge in [0.15, 0.2) is 0 Å². The van der Waals surface area contributed by atoms with Crippen molar-refractivity contribution >= 4 is 39.3 Å². The number of hydrogen-bond donors (Lipinski definition) is 1. The van der Waals surface area contributed by atoms with Crippen molar-refractivity contribution in [2.24, 2.45) is 0 Å². The van der Waals surface area contributed by atoms with Crippen molar-refractivity contribution in [3.63, 3.8) is 0 Å². The minimum absolute atomic E-state index is 0.00983. The quantitative estimate of drug-likeness (QED) is 0.159. The second-order valence-electron chi connectivity index (χ2n) is 9.78. The fourth-order valence-corrected chi connectivity index (χ4v) is 5.18. The van der Waals surface area contributed by atoms with Crippen LogP contribution in [-0.2, 0) is 24.2 Å². The SMILES string of the molecule is O=C(Cc1ccccc1Cl)NCCCCCc1nc2ccccc2n1CCCOc1cccc2ccccc12. The number of ether oxygens (including phenoxy) is 1. The van der Waals surface area contributed by atoms with Crippen LogP contribution in [0.2, 0.25) is 5.02 Å². The van der Waals surface area contributed by atoms with E-state index in [1.807, 2.05) is 48.5 Å². The number of nitrogens with one attached hydrogen (secondary N) is 1. The second kappa shape index (κ2) is 13.3. The molecular formula is C33H34ClN3O2. The Bertz CT molecular complexity index is 1540. The van der Waals surface area contributed by atoms with Crippen LogP contribution in [0.25, 0.3) is 21.8 Å². The van der Waals surface area contributed by atoms with E-state index in [2.05, 4.69) is 52.3 Å². The van der Waals surface area contributed by atoms with Gasteiger partial charge in [0, 0.05) is 29.9 Å². The van der Waals surface area contributed by atoms with Gasteiger partial charge in [-0.25, -0.2) is 4.98 Å². The van der Waals surface area contributed by atoms with Crippen molar-refractivity contribution in [2.45, 2.75) is 45.1 Å². The maximum absolute atomic E-state index is 12.2. The van der Waals surface area contributed by atoms with Crippen LogP contribution in [0, 0.1) is 0 Å². The van der Waals surface area contributed by atoms with Crippen molar-refractivity contribution < 1.29 is 9.53 Å². The number of nitrogens with zero attached hydrogens (tertiary/aromatic N) is 2. The number of halogens is 1. The number of carbonyl (C=O) groups excluding carboxylic acids is 1. The van der Waals surface area contributed by atoms with Crippen molar-refractivity contribution in [1.82, 2.24) is 14.9 Å². The molecule has 0 fully saturated rings. The van der Waals surface area contributed by atoms with E-state index in [0.717, 1.165) is 66.7 Å². The first kappa shape index (κ1) is 26.8. The van der Waals surface area contributed by atoms with Gasteiger partial charge in [-0.05, 0) is 54.5 Å². The molecule has 0 aliphatic carbocycles. The van der Waals surface area contributed by atoms with Gasteiger partial charge >= 0.3 is 0 Å². The molecule has 0 aliphatic heterocycles. The third-order valence-electron chi connectivity index (χ3n) is 6.98. The van der Waals surface area contributed by atoms with Crippen molar-refractivity contribution in [3.05, 3.63) is 107 Å². The van der Waals surface area contributed by atoms with E-state index in [4.69, 9.17) is 21.3 Å². The molecule has 6 heteroatoms. The maximum atomic E-state index is 12.2. The summed E-state index contributed by atoms with van der Waals surface area (Å²) in [6, 6.07) is 30.3. The Labute approximate surface area is 234 Å². The van der Waals surface area contributed by atoms with Crippen molar-refractivity contribution in [3.8, 4) is 5.75 Å². The highest BCUT2D eigenvalue weighted by Crippen LogP contribution is 2.25. The van der Waals surface area contributed by atoms with E-state index >= 15 is 0 Å². The van der Waals surface area contributed by atoms with Crippen molar-refractivity contribution in [1.29, 1.82) is 0 Å². The monoisotopic (exact) mass is 539 g/mol. The lowest BCUT2D eigenvalue weighted by molar-refractivity contribution is -0.120. The molecule has 39 heavy (non-hydrogen) atoms. The van der Waals surface area contributed by atoms with Crippen LogP contribution in [0.4, 0.5) is 0 Å². The third-order valence-corrected chi connectivity index (χ3v) is 7.34. The van der Waals surface area contributed by atoms with E-state index < -0.39 is 0 Å². The van der Waals surface area contributed by atoms with E-state index in [9.17, 15) is 4.79 Å². The van der Waals surface area contributed by atoms with Gasteiger partial charge in [-0.2, -0.15) is 0 Å². The van der Waals surface area contributed by atoms with Crippen LogP contribution in [0.1, 0.15) is 37.1 Å². The molecule has 1 aromatic heterocycles. The van der Waals surface area contributed by atoms with E-state index in [1.165, 1.54) is 10.9 Å². The highest BCUT2D eigenvalue weighted by Gasteiger charge is 2.11. The van der Waals surface area contributed by atoms with Gasteiger partial charge in [0.2, 0.25) is 5.91 Å². The Morgan fingerprint density at radius 2 is 1.64 bits per heavy atom. The minimum Gasteiger partial charge on any atom is -0.493 e. The second-order valence-corrected chi connectivity index (χ2v) is 10.2. The lowest BCUT2D eigenvalue weighted by atomic mass is 10.1. The van der Waals surface area contributed by atoms with Gasteiger partial charge in [-0.1, -0.05) is 84.8 Å². The summed E-state index contributed by atoms with van der Waals surface area (Å²) in [5.74, 6) is 2.06. The normalized spacial score (nSPS) is 11.2. The lowest BCUT2D eigenvalue weighted by Gasteiger charge is -2.12. The molecule has 0 bridgehead atoms. The minimum atomic E-state index is 0.00983. The zero-order valence-electron chi connectivity index (χ0n) is 22.1. The van der Waals surface area contributed by atoms with Gasteiger partial charge in [0.25, 0.3) is 0 Å². The number of fused-ring (bicyclic) bond motifs is 2. The highest BCUT2D eigenvalue weighted by atomic mass is 35.5. The fourth-order valence-electron chi connectivity index (χ4n) is 4.98. The number of para-hydroxylation sites is 2. The number of aromatic nitrogens is 2. The molecule has 0 unspecified atom stereocenters. The number of amides is 1. The van der Waals surface area contributed by atoms with Crippen LogP contribution in [0.5, 0.6) is 5.75 Å². The van der Waals surface area contributed by atoms with Crippen molar-refractivity contribution in [2.75, 3.05) is 13.2 Å². The van der Waals surface area contributed by atoms with Crippen LogP contribution in [0.3, 0.4) is 0 Å². The summed E-state index contributed by atoms with van der Waals surface area (Å²) in [7, 11) is 0. The van der Waals surface area contributed by atoms with Gasteiger partial charge < -0.3 is 14.6 Å². The molecule has 1 N–H and O–H groups in total. The van der Waals surface area contributed by atoms with Crippen LogP contribution in [0.15, 0.2) is 91.0 Å². The molecule has 5 rings (SSSR count). The summed E-state index contributed by atoms with van der Waals surface area (Å²) in [6.07, 6.45) is 5.11. The molecule has 0 aliphatic rings. The number of imidazole rings is 1. The summed E-state index contributed by atoms with van der Waals surface area (Å²) in [6.45, 7) is 2.18. The standard InChI is InChI=1S/C33H34ClN3O2/c34-28-16-6-4-13-26(28)24-33(38)35-21-9-1-2-20-32-36-29-17-7-8-18-30(29)37(32)22-11-23-39-31-19-10-14-25-12-3-5-15-27(25)31/h3-8,10,12-19H,1-2,9,11,20-24H2,(H,35,38). The maximum Gasteiger partial charge on any atom is 0.224 e. The average molecular weight is 540 g/mol. The molecule has 0 saturated heterocycles. The first-order valence-electron chi connectivity index (χ1n) is 13.7. The number of aryl methyl sites for hydroxylation is 2. The van der Waals surface area contributed by atoms with Gasteiger partial charge in [-0.15, -0.1) is 0 Å². The van der Waals surface area contributed by atoms with Crippen LogP contribution < -0.4 is 10.1 Å². The summed E-state index contributed by atoms with van der Waals surface area (Å²) in [5, 5.41) is 5.99. The Balaban J connectivity index is 1.09. The smallest absolute Gasteiger partial charge is 0.224 e. The topological polar surface area (TPSA) is 56.2 Å². The summed E-state index contributed by atoms with van der Waals surface area (Å²) in [4.78, 5) is 17.2. The Hall–Kier alpha value is -3.83. The summed E-state index contributed by atoms with van der Waals surface area (Å²) >= 11 is 6.17. The zero-order valence-corrected chi connectivity index (χ0v) is 22.9. The van der Waals surface area contributed by atoms with Crippen LogP contribution >= 0.6 is 11.6 Å². The third kappa shape index (κ3) is 6.98. The fraction of sp³-hybridized carbons (Fsp3) is 0.273. The highest BCUT2D eigenvalue weighted by molar-refractivity contribution is 6.31. The van der Waals surface area contributed by atoms with Crippen LogP contribution in [-0.4, -0.2) is 28.6 Å². The molecule has 200 valence electrons. The first-order chi connectivity index (χ1) is 19.2. The number of carbonyl (C=O) groups is 1. The molecule has 1 amide bonds. The predicted octanol–water partition coefficient (Wildman–Crippen LogP) is 7.38. The predicted molar refractivity (Wildman–Crippen MR) is 160 cm³/mol.